The maximum absolute atomic E-state index is 10.3. The van der Waals surface area contributed by atoms with Crippen molar-refractivity contribution in [2.45, 2.75) is 24.2 Å². The maximum atomic E-state index is 10.3. The summed E-state index contributed by atoms with van der Waals surface area (Å²) in [5.41, 5.74) is 5.20. The molecule has 5 N–H and O–H groups in total. The zero-order valence-corrected chi connectivity index (χ0v) is 10.6. The number of nitrogens with two attached hydrogens (primary N) is 1. The molecule has 0 aliphatic heterocycles. The molecule has 1 aliphatic carbocycles. The molecule has 0 unspecified atom stereocenters. The van der Waals surface area contributed by atoms with Crippen LogP contribution in [-0.2, 0) is 0 Å². The third-order valence-electron chi connectivity index (χ3n) is 3.64. The molecule has 0 radical (unpaired) electrons. The molecule has 2 aromatic heterocycles. The molecule has 0 spiro atoms. The van der Waals surface area contributed by atoms with Crippen molar-refractivity contribution < 1.29 is 15.3 Å². The Morgan fingerprint density at radius 2 is 2.15 bits per heavy atom. The average molecular weight is 277 g/mol. The highest BCUT2D eigenvalue weighted by molar-refractivity contribution is 5.81. The van der Waals surface area contributed by atoms with Gasteiger partial charge in [0.05, 0.1) is 12.4 Å². The maximum Gasteiger partial charge on any atom is 0.166 e. The van der Waals surface area contributed by atoms with E-state index in [0.29, 0.717) is 11.2 Å². The van der Waals surface area contributed by atoms with Gasteiger partial charge in [0.15, 0.2) is 11.5 Å². The Morgan fingerprint density at radius 1 is 1.35 bits per heavy atom. The van der Waals surface area contributed by atoms with E-state index in [2.05, 4.69) is 15.0 Å². The van der Waals surface area contributed by atoms with Gasteiger partial charge in [-0.05, 0) is 0 Å². The van der Waals surface area contributed by atoms with Crippen molar-refractivity contribution in [1.82, 2.24) is 19.5 Å². The predicted molar refractivity (Wildman–Crippen MR) is 70.6 cm³/mol. The van der Waals surface area contributed by atoms with E-state index in [0.717, 1.165) is 0 Å². The van der Waals surface area contributed by atoms with Crippen molar-refractivity contribution in [3.63, 3.8) is 0 Å². The number of imidazole rings is 1. The summed E-state index contributed by atoms with van der Waals surface area (Å²) in [6.07, 6.45) is 4.95. The van der Waals surface area contributed by atoms with Crippen LogP contribution in [0, 0.1) is 0 Å². The monoisotopic (exact) mass is 277 g/mol. The lowest BCUT2D eigenvalue weighted by molar-refractivity contribution is -0.0563. The Balaban J connectivity index is 2.01. The molecule has 3 atom stereocenters. The van der Waals surface area contributed by atoms with Crippen molar-refractivity contribution in [2.75, 3.05) is 12.3 Å². The van der Waals surface area contributed by atoms with E-state index in [1.165, 1.54) is 18.7 Å². The topological polar surface area (TPSA) is 130 Å². The summed E-state index contributed by atoms with van der Waals surface area (Å²) in [7, 11) is 0. The van der Waals surface area contributed by atoms with Crippen LogP contribution < -0.4 is 5.73 Å². The van der Waals surface area contributed by atoms with Gasteiger partial charge in [0.1, 0.15) is 23.5 Å². The van der Waals surface area contributed by atoms with Gasteiger partial charge < -0.3 is 25.6 Å². The van der Waals surface area contributed by atoms with Gasteiger partial charge in [-0.2, -0.15) is 0 Å². The van der Waals surface area contributed by atoms with Gasteiger partial charge >= 0.3 is 0 Å². The highest BCUT2D eigenvalue weighted by atomic mass is 16.3. The average Bonchev–Trinajstić information content (AvgIpc) is 2.95. The molecule has 0 saturated carbocycles. The molecule has 1 aliphatic rings. The second kappa shape index (κ2) is 4.51. The first-order valence-corrected chi connectivity index (χ1v) is 6.20. The molecule has 20 heavy (non-hydrogen) atoms. The first-order valence-electron chi connectivity index (χ1n) is 6.20. The second-order valence-electron chi connectivity index (χ2n) is 4.84. The fourth-order valence-electron chi connectivity index (χ4n) is 2.51. The number of fused-ring (bicyclic) bond motifs is 1. The molecule has 2 aromatic rings. The highest BCUT2D eigenvalue weighted by Crippen LogP contribution is 2.35. The Labute approximate surface area is 114 Å². The molecule has 106 valence electrons. The zero-order valence-electron chi connectivity index (χ0n) is 10.6. The van der Waals surface area contributed by atoms with Crippen LogP contribution in [0.3, 0.4) is 0 Å². The summed E-state index contributed by atoms with van der Waals surface area (Å²) in [6.45, 7) is -0.218. The molecule has 2 heterocycles. The van der Waals surface area contributed by atoms with Gasteiger partial charge in [0.25, 0.3) is 0 Å². The molecule has 0 aromatic carbocycles. The molecule has 8 heteroatoms. The van der Waals surface area contributed by atoms with E-state index >= 15 is 0 Å². The second-order valence-corrected chi connectivity index (χ2v) is 4.84. The van der Waals surface area contributed by atoms with Crippen molar-refractivity contribution in [2.24, 2.45) is 0 Å². The molecule has 0 bridgehead atoms. The Morgan fingerprint density at radius 3 is 2.90 bits per heavy atom. The minimum absolute atomic E-state index is 0.0604. The lowest BCUT2D eigenvalue weighted by atomic mass is 9.95. The molecule has 0 fully saturated rings. The van der Waals surface area contributed by atoms with Gasteiger partial charge in [0.2, 0.25) is 0 Å². The number of rotatable bonds is 3. The number of anilines is 1. The molecular formula is C12H15N5O3. The van der Waals surface area contributed by atoms with Gasteiger partial charge in [-0.3, -0.25) is 0 Å². The van der Waals surface area contributed by atoms with Crippen LogP contribution in [0.2, 0.25) is 0 Å². The van der Waals surface area contributed by atoms with Crippen molar-refractivity contribution >= 4 is 17.0 Å². The van der Waals surface area contributed by atoms with Gasteiger partial charge in [-0.1, -0.05) is 12.2 Å². The van der Waals surface area contributed by atoms with E-state index in [1.807, 2.05) is 0 Å². The first-order chi connectivity index (χ1) is 9.57. The number of aliphatic hydroxyl groups excluding tert-OH is 2. The molecule has 0 amide bonds. The third kappa shape index (κ3) is 1.77. The number of nitrogens with zero attached hydrogens (tertiary/aromatic N) is 4. The Kier molecular flexibility index (Phi) is 2.93. The van der Waals surface area contributed by atoms with Crippen LogP contribution in [0.1, 0.15) is 12.5 Å². The predicted octanol–water partition coefficient (Wildman–Crippen LogP) is -1.01. The van der Waals surface area contributed by atoms with Crippen LogP contribution >= 0.6 is 0 Å². The molecule has 0 saturated heterocycles. The van der Waals surface area contributed by atoms with Crippen LogP contribution in [0.25, 0.3) is 11.2 Å². The van der Waals surface area contributed by atoms with Crippen molar-refractivity contribution in [3.05, 3.63) is 24.8 Å². The Bertz CT molecular complexity index is 670. The van der Waals surface area contributed by atoms with Gasteiger partial charge in [0, 0.05) is 13.0 Å². The number of hydrogen-bond donors (Lipinski definition) is 4. The van der Waals surface area contributed by atoms with Gasteiger partial charge in [-0.15, -0.1) is 0 Å². The number of aliphatic hydroxyl groups is 3. The SMILES string of the molecule is Nc1ncnc2c1ncn2[C@@H]1C=C[C@](O)(CCO)[C@H]1O. The van der Waals surface area contributed by atoms with Gasteiger partial charge in [-0.25, -0.2) is 15.0 Å². The lowest BCUT2D eigenvalue weighted by Crippen LogP contribution is -2.41. The zero-order chi connectivity index (χ0) is 14.3. The van der Waals surface area contributed by atoms with E-state index < -0.39 is 17.7 Å². The van der Waals surface area contributed by atoms with Crippen LogP contribution in [-0.4, -0.2) is 53.2 Å². The summed E-state index contributed by atoms with van der Waals surface area (Å²) in [4.78, 5) is 12.1. The van der Waals surface area contributed by atoms with E-state index in [4.69, 9.17) is 10.8 Å². The molecule has 8 nitrogen and oxygen atoms in total. The summed E-state index contributed by atoms with van der Waals surface area (Å²) in [5.74, 6) is 0.260. The normalized spacial score (nSPS) is 29.4. The minimum atomic E-state index is -1.45. The fourth-order valence-corrected chi connectivity index (χ4v) is 2.51. The van der Waals surface area contributed by atoms with E-state index in [1.54, 1.807) is 10.6 Å². The quantitative estimate of drug-likeness (QED) is 0.529. The van der Waals surface area contributed by atoms with Crippen LogP contribution in [0.4, 0.5) is 5.82 Å². The smallest absolute Gasteiger partial charge is 0.166 e. The first kappa shape index (κ1) is 13.0. The highest BCUT2D eigenvalue weighted by Gasteiger charge is 2.43. The summed E-state index contributed by atoms with van der Waals surface area (Å²) < 4.78 is 1.63. The van der Waals surface area contributed by atoms with Crippen LogP contribution in [0.15, 0.2) is 24.8 Å². The molecule has 3 rings (SSSR count). The summed E-state index contributed by atoms with van der Waals surface area (Å²) in [5, 5.41) is 29.5. The lowest BCUT2D eigenvalue weighted by Gasteiger charge is -2.28. The third-order valence-corrected chi connectivity index (χ3v) is 3.64. The number of aromatic nitrogens is 4. The summed E-state index contributed by atoms with van der Waals surface area (Å²) in [6, 6.07) is -0.522. The fraction of sp³-hybridized carbons (Fsp3) is 0.417. The Hall–Kier alpha value is -2.03. The van der Waals surface area contributed by atoms with E-state index in [9.17, 15) is 10.2 Å². The van der Waals surface area contributed by atoms with Crippen molar-refractivity contribution in [1.29, 1.82) is 0 Å². The standard InChI is InChI=1S/C12H15N5O3/c13-10-8-11(15-5-14-10)17(6-16-8)7-1-2-12(20,3-4-18)9(7)19/h1-2,5-7,9,18-20H,3-4H2,(H2,13,14,15)/t7-,9+,12+/m1/s1. The minimum Gasteiger partial charge on any atom is -0.396 e. The van der Waals surface area contributed by atoms with Crippen molar-refractivity contribution in [3.8, 4) is 0 Å². The molecular weight excluding hydrogens is 262 g/mol. The number of nitrogen functional groups attached to an aromatic ring is 1. The van der Waals surface area contributed by atoms with Crippen LogP contribution in [0.5, 0.6) is 0 Å². The largest absolute Gasteiger partial charge is 0.396 e. The van der Waals surface area contributed by atoms with E-state index in [-0.39, 0.29) is 18.8 Å². The number of hydrogen-bond acceptors (Lipinski definition) is 7. The summed E-state index contributed by atoms with van der Waals surface area (Å²) >= 11 is 0.